The summed E-state index contributed by atoms with van der Waals surface area (Å²) in [5, 5.41) is 14.7. The van der Waals surface area contributed by atoms with Gasteiger partial charge in [0.2, 0.25) is 0 Å². The lowest BCUT2D eigenvalue weighted by atomic mass is 10.1. The molecule has 2 amide bonds. The molecule has 0 aromatic heterocycles. The van der Waals surface area contributed by atoms with E-state index < -0.39 is 0 Å². The molecule has 5 heteroatoms. The van der Waals surface area contributed by atoms with Gasteiger partial charge in [0.15, 0.2) is 0 Å². The summed E-state index contributed by atoms with van der Waals surface area (Å²) in [4.78, 5) is 11.6. The van der Waals surface area contributed by atoms with E-state index in [-0.39, 0.29) is 11.8 Å². The maximum absolute atomic E-state index is 11.6. The molecule has 22 heavy (non-hydrogen) atoms. The van der Waals surface area contributed by atoms with Crippen molar-refractivity contribution in [3.63, 3.8) is 0 Å². The Bertz CT molecular complexity index is 570. The van der Waals surface area contributed by atoms with Crippen LogP contribution in [0.1, 0.15) is 5.56 Å². The van der Waals surface area contributed by atoms with Gasteiger partial charge in [0, 0.05) is 6.54 Å². The Morgan fingerprint density at radius 2 is 1.64 bits per heavy atom. The van der Waals surface area contributed by atoms with Crippen molar-refractivity contribution < 1.29 is 14.6 Å². The molecule has 0 aliphatic heterocycles. The van der Waals surface area contributed by atoms with Crippen molar-refractivity contribution in [3.8, 4) is 11.5 Å². The normalized spacial score (nSPS) is 10.0. The number of hydrogen-bond acceptors (Lipinski definition) is 3. The van der Waals surface area contributed by atoms with Crippen LogP contribution < -0.4 is 15.4 Å². The Kier molecular flexibility index (Phi) is 6.11. The van der Waals surface area contributed by atoms with Crippen LogP contribution >= 0.6 is 0 Å². The summed E-state index contributed by atoms with van der Waals surface area (Å²) in [6.45, 7) is 1.41. The van der Waals surface area contributed by atoms with Crippen LogP contribution in [0, 0.1) is 0 Å². The second-order valence-electron chi connectivity index (χ2n) is 4.76. The van der Waals surface area contributed by atoms with Gasteiger partial charge in [-0.15, -0.1) is 0 Å². The Balaban J connectivity index is 1.55. The highest BCUT2D eigenvalue weighted by Gasteiger charge is 2.00. The summed E-state index contributed by atoms with van der Waals surface area (Å²) < 4.78 is 5.48. The summed E-state index contributed by atoms with van der Waals surface area (Å²) in [5.41, 5.74) is 1.06. The molecule has 0 spiro atoms. The third-order valence-corrected chi connectivity index (χ3v) is 3.04. The van der Waals surface area contributed by atoms with Crippen LogP contribution in [0.4, 0.5) is 4.79 Å². The zero-order chi connectivity index (χ0) is 15.6. The number of rotatable bonds is 7. The lowest BCUT2D eigenvalue weighted by Crippen LogP contribution is -2.38. The molecule has 2 aromatic carbocycles. The number of para-hydroxylation sites is 1. The molecule has 0 aliphatic rings. The van der Waals surface area contributed by atoms with E-state index in [4.69, 9.17) is 4.74 Å². The average molecular weight is 300 g/mol. The summed E-state index contributed by atoms with van der Waals surface area (Å²) in [7, 11) is 0. The van der Waals surface area contributed by atoms with Crippen molar-refractivity contribution in [1.82, 2.24) is 10.6 Å². The number of carbonyl (C=O) groups is 1. The van der Waals surface area contributed by atoms with E-state index in [9.17, 15) is 9.90 Å². The maximum Gasteiger partial charge on any atom is 0.314 e. The average Bonchev–Trinajstić information content (AvgIpc) is 2.54. The van der Waals surface area contributed by atoms with Crippen molar-refractivity contribution in [2.45, 2.75) is 6.42 Å². The molecule has 2 aromatic rings. The molecular formula is C17H20N2O3. The van der Waals surface area contributed by atoms with Crippen molar-refractivity contribution >= 4 is 6.03 Å². The van der Waals surface area contributed by atoms with Gasteiger partial charge in [-0.2, -0.15) is 0 Å². The van der Waals surface area contributed by atoms with Gasteiger partial charge >= 0.3 is 6.03 Å². The van der Waals surface area contributed by atoms with Crippen LogP contribution in [0.2, 0.25) is 0 Å². The molecule has 0 unspecified atom stereocenters. The van der Waals surface area contributed by atoms with Crippen LogP contribution in [0.5, 0.6) is 11.5 Å². The number of ether oxygens (including phenoxy) is 1. The monoisotopic (exact) mass is 300 g/mol. The summed E-state index contributed by atoms with van der Waals surface area (Å²) in [6.07, 6.45) is 0.716. The fourth-order valence-corrected chi connectivity index (χ4v) is 1.90. The first-order chi connectivity index (χ1) is 10.7. The fourth-order valence-electron chi connectivity index (χ4n) is 1.90. The number of aromatic hydroxyl groups is 1. The van der Waals surface area contributed by atoms with E-state index in [0.717, 1.165) is 11.3 Å². The van der Waals surface area contributed by atoms with Crippen LogP contribution in [-0.4, -0.2) is 30.8 Å². The van der Waals surface area contributed by atoms with Crippen LogP contribution in [0.15, 0.2) is 54.6 Å². The highest BCUT2D eigenvalue weighted by Crippen LogP contribution is 2.09. The molecule has 0 aliphatic carbocycles. The predicted octanol–water partition coefficient (Wildman–Crippen LogP) is 2.31. The minimum absolute atomic E-state index is 0.213. The second-order valence-corrected chi connectivity index (χ2v) is 4.76. The number of phenolic OH excluding ortho intramolecular Hbond substituents is 1. The quantitative estimate of drug-likeness (QED) is 0.687. The molecule has 116 valence electrons. The highest BCUT2D eigenvalue weighted by molar-refractivity contribution is 5.73. The number of urea groups is 1. The Labute approximate surface area is 129 Å². The molecule has 0 heterocycles. The van der Waals surface area contributed by atoms with Gasteiger partial charge in [0.1, 0.15) is 18.1 Å². The Morgan fingerprint density at radius 1 is 0.955 bits per heavy atom. The molecule has 2 rings (SSSR count). The Hall–Kier alpha value is -2.69. The van der Waals surface area contributed by atoms with Crippen LogP contribution in [0.3, 0.4) is 0 Å². The van der Waals surface area contributed by atoms with E-state index in [1.165, 1.54) is 0 Å². The molecule has 0 saturated carbocycles. The molecular weight excluding hydrogens is 280 g/mol. The Morgan fingerprint density at radius 3 is 2.36 bits per heavy atom. The first kappa shape index (κ1) is 15.7. The number of phenols is 1. The molecule has 5 nitrogen and oxygen atoms in total. The van der Waals surface area contributed by atoms with Gasteiger partial charge in [0.05, 0.1) is 6.54 Å². The van der Waals surface area contributed by atoms with Gasteiger partial charge in [-0.05, 0) is 36.2 Å². The van der Waals surface area contributed by atoms with E-state index in [1.807, 2.05) is 42.5 Å². The minimum atomic E-state index is -0.213. The van der Waals surface area contributed by atoms with Gasteiger partial charge in [-0.3, -0.25) is 0 Å². The fraction of sp³-hybridized carbons (Fsp3) is 0.235. The molecule has 3 N–H and O–H groups in total. The zero-order valence-corrected chi connectivity index (χ0v) is 12.3. The number of benzene rings is 2. The number of hydrogen-bond donors (Lipinski definition) is 3. The topological polar surface area (TPSA) is 70.6 Å². The van der Waals surface area contributed by atoms with Crippen molar-refractivity contribution in [1.29, 1.82) is 0 Å². The predicted molar refractivity (Wildman–Crippen MR) is 85.1 cm³/mol. The van der Waals surface area contributed by atoms with Gasteiger partial charge < -0.3 is 20.5 Å². The third kappa shape index (κ3) is 5.75. The van der Waals surface area contributed by atoms with E-state index in [2.05, 4.69) is 10.6 Å². The van der Waals surface area contributed by atoms with Crippen molar-refractivity contribution in [3.05, 3.63) is 60.2 Å². The second kappa shape index (κ2) is 8.56. The molecule has 0 radical (unpaired) electrons. The summed E-state index contributed by atoms with van der Waals surface area (Å²) >= 11 is 0. The number of amides is 2. The molecule has 0 atom stereocenters. The first-order valence-electron chi connectivity index (χ1n) is 7.21. The first-order valence-corrected chi connectivity index (χ1v) is 7.21. The highest BCUT2D eigenvalue weighted by atomic mass is 16.5. The van der Waals surface area contributed by atoms with E-state index in [1.54, 1.807) is 12.1 Å². The number of nitrogens with one attached hydrogen (secondary N) is 2. The SMILES string of the molecule is O=C(NCCOc1ccccc1)NCCc1ccc(O)cc1. The van der Waals surface area contributed by atoms with Gasteiger partial charge in [-0.1, -0.05) is 30.3 Å². The standard InChI is InChI=1S/C17H20N2O3/c20-15-8-6-14(7-9-15)10-11-18-17(21)19-12-13-22-16-4-2-1-3-5-16/h1-9,20H,10-13H2,(H2,18,19,21). The van der Waals surface area contributed by atoms with E-state index in [0.29, 0.717) is 26.1 Å². The van der Waals surface area contributed by atoms with Crippen molar-refractivity contribution in [2.24, 2.45) is 0 Å². The largest absolute Gasteiger partial charge is 0.508 e. The smallest absolute Gasteiger partial charge is 0.314 e. The molecule has 0 bridgehead atoms. The minimum Gasteiger partial charge on any atom is -0.508 e. The van der Waals surface area contributed by atoms with Crippen molar-refractivity contribution in [2.75, 3.05) is 19.7 Å². The zero-order valence-electron chi connectivity index (χ0n) is 12.3. The maximum atomic E-state index is 11.6. The number of carbonyl (C=O) groups excluding carboxylic acids is 1. The van der Waals surface area contributed by atoms with E-state index >= 15 is 0 Å². The summed E-state index contributed by atoms with van der Waals surface area (Å²) in [6, 6.07) is 16.2. The molecule has 0 fully saturated rings. The lowest BCUT2D eigenvalue weighted by Gasteiger charge is -2.09. The van der Waals surface area contributed by atoms with Crippen LogP contribution in [-0.2, 0) is 6.42 Å². The molecule has 0 saturated heterocycles. The van der Waals surface area contributed by atoms with Gasteiger partial charge in [0.25, 0.3) is 0 Å². The van der Waals surface area contributed by atoms with Gasteiger partial charge in [-0.25, -0.2) is 4.79 Å². The lowest BCUT2D eigenvalue weighted by molar-refractivity contribution is 0.236. The summed E-state index contributed by atoms with van der Waals surface area (Å²) in [5.74, 6) is 1.03. The van der Waals surface area contributed by atoms with Crippen LogP contribution in [0.25, 0.3) is 0 Å². The third-order valence-electron chi connectivity index (χ3n) is 3.04.